The van der Waals surface area contributed by atoms with Gasteiger partial charge in [0.15, 0.2) is 0 Å². The zero-order chi connectivity index (χ0) is 13.0. The van der Waals surface area contributed by atoms with Crippen LogP contribution in [0.15, 0.2) is 29.2 Å². The number of nitrogens with two attached hydrogens (primary N) is 1. The fourth-order valence-corrected chi connectivity index (χ4v) is 2.89. The van der Waals surface area contributed by atoms with E-state index in [0.717, 1.165) is 18.8 Å². The first-order chi connectivity index (χ1) is 8.62. The van der Waals surface area contributed by atoms with E-state index in [0.29, 0.717) is 12.2 Å². The molecule has 1 aromatic rings. The molecule has 0 amide bonds. The second-order valence-corrected chi connectivity index (χ2v) is 6.42. The lowest BCUT2D eigenvalue weighted by Crippen LogP contribution is -2.24. The molecule has 0 heterocycles. The summed E-state index contributed by atoms with van der Waals surface area (Å²) in [7, 11) is -3.38. The Hall–Kier alpha value is -1.11. The molecule has 4 N–H and O–H groups in total. The van der Waals surface area contributed by atoms with Crippen LogP contribution in [0.3, 0.4) is 0 Å². The first-order valence-corrected chi connectivity index (χ1v) is 7.66. The number of nitrogens with one attached hydrogen (secondary N) is 2. The maximum atomic E-state index is 11.9. The van der Waals surface area contributed by atoms with Crippen LogP contribution >= 0.6 is 0 Å². The summed E-state index contributed by atoms with van der Waals surface area (Å²) in [5.74, 6) is 6.06. The Morgan fingerprint density at radius 3 is 2.44 bits per heavy atom. The Morgan fingerprint density at radius 2 is 1.89 bits per heavy atom. The number of benzene rings is 1. The molecule has 100 valence electrons. The van der Waals surface area contributed by atoms with Gasteiger partial charge in [0.25, 0.3) is 0 Å². The predicted molar refractivity (Wildman–Crippen MR) is 71.4 cm³/mol. The van der Waals surface area contributed by atoms with Crippen molar-refractivity contribution in [2.75, 3.05) is 12.0 Å². The lowest BCUT2D eigenvalue weighted by molar-refractivity contribution is 0.572. The van der Waals surface area contributed by atoms with Gasteiger partial charge in [-0.25, -0.2) is 13.1 Å². The Morgan fingerprint density at radius 1 is 1.22 bits per heavy atom. The van der Waals surface area contributed by atoms with E-state index in [2.05, 4.69) is 10.1 Å². The van der Waals surface area contributed by atoms with E-state index in [1.165, 1.54) is 12.8 Å². The molecule has 6 heteroatoms. The summed E-state index contributed by atoms with van der Waals surface area (Å²) >= 11 is 0. The zero-order valence-electron chi connectivity index (χ0n) is 10.2. The van der Waals surface area contributed by atoms with Crippen molar-refractivity contribution in [3.05, 3.63) is 24.3 Å². The third-order valence-electron chi connectivity index (χ3n) is 3.11. The van der Waals surface area contributed by atoms with E-state index in [9.17, 15) is 8.42 Å². The average Bonchev–Trinajstić information content (AvgIpc) is 3.19. The quantitative estimate of drug-likeness (QED) is 0.397. The standard InChI is InChI=1S/C12H19N3O2S/c13-15-11-5-7-12(8-6-11)18(16,17)14-9-1-2-10-3-4-10/h5-8,10,14-15H,1-4,9,13H2. The third kappa shape index (κ3) is 3.69. The summed E-state index contributed by atoms with van der Waals surface area (Å²) < 4.78 is 26.5. The van der Waals surface area contributed by atoms with Gasteiger partial charge in [-0.1, -0.05) is 12.8 Å². The first-order valence-electron chi connectivity index (χ1n) is 6.18. The van der Waals surface area contributed by atoms with Gasteiger partial charge in [0.2, 0.25) is 10.0 Å². The molecule has 5 nitrogen and oxygen atoms in total. The molecule has 0 spiro atoms. The van der Waals surface area contributed by atoms with Crippen LogP contribution in [0, 0.1) is 5.92 Å². The first kappa shape index (κ1) is 13.3. The minimum absolute atomic E-state index is 0.271. The summed E-state index contributed by atoms with van der Waals surface area (Å²) in [5, 5.41) is 0. The number of anilines is 1. The van der Waals surface area contributed by atoms with Gasteiger partial charge < -0.3 is 5.43 Å². The molecule has 2 rings (SSSR count). The molecular weight excluding hydrogens is 250 g/mol. The molecule has 0 aromatic heterocycles. The molecule has 0 aliphatic heterocycles. The second kappa shape index (κ2) is 5.69. The summed E-state index contributed by atoms with van der Waals surface area (Å²) in [6.45, 7) is 0.510. The van der Waals surface area contributed by atoms with Gasteiger partial charge in [0.1, 0.15) is 0 Å². The van der Waals surface area contributed by atoms with Gasteiger partial charge in [-0.15, -0.1) is 0 Å². The molecule has 1 aliphatic carbocycles. The predicted octanol–water partition coefficient (Wildman–Crippen LogP) is 1.44. The number of hydrogen-bond acceptors (Lipinski definition) is 4. The SMILES string of the molecule is NNc1ccc(S(=O)(=O)NCCCC2CC2)cc1. The Balaban J connectivity index is 1.87. The van der Waals surface area contributed by atoms with Crippen LogP contribution in [-0.2, 0) is 10.0 Å². The van der Waals surface area contributed by atoms with Crippen LogP contribution in [-0.4, -0.2) is 15.0 Å². The van der Waals surface area contributed by atoms with Gasteiger partial charge in [0.05, 0.1) is 4.90 Å². The summed E-state index contributed by atoms with van der Waals surface area (Å²) in [6, 6.07) is 6.36. The van der Waals surface area contributed by atoms with Crippen LogP contribution in [0.4, 0.5) is 5.69 Å². The van der Waals surface area contributed by atoms with E-state index in [1.54, 1.807) is 24.3 Å². The molecular formula is C12H19N3O2S. The maximum Gasteiger partial charge on any atom is 0.240 e. The normalized spacial score (nSPS) is 15.6. The molecule has 1 aromatic carbocycles. The number of nitrogen functional groups attached to an aromatic ring is 1. The Kier molecular flexibility index (Phi) is 4.21. The highest BCUT2D eigenvalue weighted by Crippen LogP contribution is 2.33. The van der Waals surface area contributed by atoms with E-state index in [4.69, 9.17) is 5.84 Å². The fourth-order valence-electron chi connectivity index (χ4n) is 1.82. The fraction of sp³-hybridized carbons (Fsp3) is 0.500. The number of sulfonamides is 1. The van der Waals surface area contributed by atoms with Crippen LogP contribution in [0.5, 0.6) is 0 Å². The van der Waals surface area contributed by atoms with Gasteiger partial charge in [-0.05, 0) is 43.0 Å². The molecule has 1 fully saturated rings. The van der Waals surface area contributed by atoms with Crippen molar-refractivity contribution in [2.45, 2.75) is 30.6 Å². The van der Waals surface area contributed by atoms with Crippen molar-refractivity contribution >= 4 is 15.7 Å². The largest absolute Gasteiger partial charge is 0.324 e. The molecule has 0 unspecified atom stereocenters. The van der Waals surface area contributed by atoms with E-state index >= 15 is 0 Å². The lowest BCUT2D eigenvalue weighted by Gasteiger charge is -2.07. The van der Waals surface area contributed by atoms with Crippen molar-refractivity contribution in [3.63, 3.8) is 0 Å². The lowest BCUT2D eigenvalue weighted by atomic mass is 10.2. The Labute approximate surface area is 108 Å². The van der Waals surface area contributed by atoms with Gasteiger partial charge in [0, 0.05) is 12.2 Å². The van der Waals surface area contributed by atoms with Gasteiger partial charge in [-0.2, -0.15) is 0 Å². The van der Waals surface area contributed by atoms with Crippen LogP contribution in [0.2, 0.25) is 0 Å². The number of hydrazine groups is 1. The smallest absolute Gasteiger partial charge is 0.240 e. The van der Waals surface area contributed by atoms with Crippen LogP contribution in [0.25, 0.3) is 0 Å². The Bertz CT molecular complexity index is 481. The molecule has 1 saturated carbocycles. The minimum atomic E-state index is -3.38. The number of hydrogen-bond donors (Lipinski definition) is 3. The molecule has 1 aliphatic rings. The van der Waals surface area contributed by atoms with E-state index < -0.39 is 10.0 Å². The molecule has 18 heavy (non-hydrogen) atoms. The molecule has 0 saturated heterocycles. The van der Waals surface area contributed by atoms with Crippen molar-refractivity contribution < 1.29 is 8.42 Å². The zero-order valence-corrected chi connectivity index (χ0v) is 11.0. The minimum Gasteiger partial charge on any atom is -0.324 e. The average molecular weight is 269 g/mol. The third-order valence-corrected chi connectivity index (χ3v) is 4.59. The van der Waals surface area contributed by atoms with Gasteiger partial charge in [-0.3, -0.25) is 5.84 Å². The van der Waals surface area contributed by atoms with Crippen molar-refractivity contribution in [1.82, 2.24) is 4.72 Å². The van der Waals surface area contributed by atoms with E-state index in [-0.39, 0.29) is 4.90 Å². The summed E-state index contributed by atoms with van der Waals surface area (Å²) in [6.07, 6.45) is 4.64. The topological polar surface area (TPSA) is 84.2 Å². The van der Waals surface area contributed by atoms with Crippen molar-refractivity contribution in [1.29, 1.82) is 0 Å². The molecule has 0 bridgehead atoms. The van der Waals surface area contributed by atoms with Crippen molar-refractivity contribution in [3.8, 4) is 0 Å². The maximum absolute atomic E-state index is 11.9. The van der Waals surface area contributed by atoms with Gasteiger partial charge >= 0.3 is 0 Å². The summed E-state index contributed by atoms with van der Waals surface area (Å²) in [5.41, 5.74) is 3.15. The molecule has 0 radical (unpaired) electrons. The number of rotatable bonds is 7. The highest BCUT2D eigenvalue weighted by molar-refractivity contribution is 7.89. The van der Waals surface area contributed by atoms with Crippen molar-refractivity contribution in [2.24, 2.45) is 11.8 Å². The summed E-state index contributed by atoms with van der Waals surface area (Å²) in [4.78, 5) is 0.271. The van der Waals surface area contributed by atoms with Crippen LogP contribution in [0.1, 0.15) is 25.7 Å². The second-order valence-electron chi connectivity index (χ2n) is 4.65. The van der Waals surface area contributed by atoms with E-state index in [1.807, 2.05) is 0 Å². The van der Waals surface area contributed by atoms with Crippen LogP contribution < -0.4 is 16.0 Å². The highest BCUT2D eigenvalue weighted by Gasteiger charge is 2.20. The molecule has 0 atom stereocenters. The highest BCUT2D eigenvalue weighted by atomic mass is 32.2. The monoisotopic (exact) mass is 269 g/mol.